The molecule has 0 aliphatic rings. The fourth-order valence-electron chi connectivity index (χ4n) is 2.94. The summed E-state index contributed by atoms with van der Waals surface area (Å²) < 4.78 is 18.1. The molecule has 0 bridgehead atoms. The highest BCUT2D eigenvalue weighted by atomic mass is 32.2. The number of thioether (sulfide) groups is 1. The van der Waals surface area contributed by atoms with Gasteiger partial charge in [0.15, 0.2) is 22.5 Å². The number of para-hydroxylation sites is 1. The van der Waals surface area contributed by atoms with E-state index in [2.05, 4.69) is 15.5 Å². The Morgan fingerprint density at radius 1 is 1.09 bits per heavy atom. The third kappa shape index (κ3) is 6.26. The van der Waals surface area contributed by atoms with Crippen molar-refractivity contribution in [2.24, 2.45) is 7.05 Å². The molecule has 2 aromatic carbocycles. The molecular weight excluding hydrogens is 444 g/mol. The smallest absolute Gasteiger partial charge is 0.339 e. The Balaban J connectivity index is 1.59. The van der Waals surface area contributed by atoms with Crippen molar-refractivity contribution in [2.75, 3.05) is 24.8 Å². The molecular formula is C23H26N4O5S. The highest BCUT2D eigenvalue weighted by Crippen LogP contribution is 2.29. The summed E-state index contributed by atoms with van der Waals surface area (Å²) in [7, 11) is 3.10. The second-order valence-corrected chi connectivity index (χ2v) is 7.95. The lowest BCUT2D eigenvalue weighted by Crippen LogP contribution is -2.17. The molecule has 1 amide bonds. The van der Waals surface area contributed by atoms with Gasteiger partial charge in [0.2, 0.25) is 5.91 Å². The molecule has 1 aromatic heterocycles. The molecule has 0 aliphatic carbocycles. The molecule has 0 fully saturated rings. The number of amides is 1. The van der Waals surface area contributed by atoms with Gasteiger partial charge in [0, 0.05) is 7.05 Å². The topological polar surface area (TPSA) is 105 Å². The molecule has 0 unspecified atom stereocenters. The number of hydrogen-bond donors (Lipinski definition) is 1. The first-order valence-corrected chi connectivity index (χ1v) is 11.3. The molecule has 0 aliphatic heterocycles. The number of ether oxygens (including phenoxy) is 3. The number of aryl methyl sites for hydroxylation is 1. The zero-order valence-corrected chi connectivity index (χ0v) is 19.8. The van der Waals surface area contributed by atoms with Crippen LogP contribution in [0.15, 0.2) is 47.6 Å². The molecule has 0 saturated heterocycles. The quantitative estimate of drug-likeness (QED) is 0.354. The lowest BCUT2D eigenvalue weighted by atomic mass is 10.2. The molecule has 3 rings (SSSR count). The van der Waals surface area contributed by atoms with E-state index >= 15 is 0 Å². The van der Waals surface area contributed by atoms with Gasteiger partial charge in [-0.05, 0) is 43.7 Å². The zero-order valence-electron chi connectivity index (χ0n) is 19.0. The van der Waals surface area contributed by atoms with Gasteiger partial charge >= 0.3 is 5.97 Å². The largest absolute Gasteiger partial charge is 0.490 e. The Kier molecular flexibility index (Phi) is 8.31. The molecule has 1 N–H and O–H groups in total. The van der Waals surface area contributed by atoms with Crippen LogP contribution in [0.1, 0.15) is 28.7 Å². The van der Waals surface area contributed by atoms with Crippen molar-refractivity contribution in [3.8, 4) is 11.5 Å². The standard InChI is InChI=1S/C23H26N4O5S/c1-5-31-19-12-15(2)10-11-18(19)32-13-20-25-26-23(27(20)3)33-14-21(28)24-17-9-7-6-8-16(17)22(29)30-4/h6-12H,5,13-14H2,1-4H3,(H,24,28). The second kappa shape index (κ2) is 11.4. The van der Waals surface area contributed by atoms with Crippen molar-refractivity contribution < 1.29 is 23.8 Å². The summed E-state index contributed by atoms with van der Waals surface area (Å²) in [6.45, 7) is 4.65. The molecule has 0 radical (unpaired) electrons. The average Bonchev–Trinajstić information content (AvgIpc) is 3.16. The average molecular weight is 471 g/mol. The van der Waals surface area contributed by atoms with Gasteiger partial charge in [0.1, 0.15) is 6.61 Å². The Labute approximate surface area is 196 Å². The first-order valence-electron chi connectivity index (χ1n) is 10.3. The van der Waals surface area contributed by atoms with Crippen LogP contribution in [0.4, 0.5) is 5.69 Å². The third-order valence-electron chi connectivity index (χ3n) is 4.62. The number of methoxy groups -OCH3 is 1. The maximum absolute atomic E-state index is 12.4. The Bertz CT molecular complexity index is 1130. The van der Waals surface area contributed by atoms with Gasteiger partial charge in [0.05, 0.1) is 30.7 Å². The van der Waals surface area contributed by atoms with E-state index < -0.39 is 5.97 Å². The number of rotatable bonds is 10. The Morgan fingerprint density at radius 2 is 1.88 bits per heavy atom. The lowest BCUT2D eigenvalue weighted by Gasteiger charge is -2.12. The lowest BCUT2D eigenvalue weighted by molar-refractivity contribution is -0.113. The number of nitrogens with zero attached hydrogens (tertiary/aromatic N) is 3. The monoisotopic (exact) mass is 470 g/mol. The minimum absolute atomic E-state index is 0.0921. The fourth-order valence-corrected chi connectivity index (χ4v) is 3.67. The molecule has 33 heavy (non-hydrogen) atoms. The van der Waals surface area contributed by atoms with Crippen molar-refractivity contribution in [1.82, 2.24) is 14.8 Å². The van der Waals surface area contributed by atoms with Gasteiger partial charge in [-0.25, -0.2) is 4.79 Å². The van der Waals surface area contributed by atoms with E-state index in [4.69, 9.17) is 14.2 Å². The van der Waals surface area contributed by atoms with Crippen LogP contribution in [0, 0.1) is 6.92 Å². The number of benzene rings is 2. The predicted molar refractivity (Wildman–Crippen MR) is 125 cm³/mol. The molecule has 174 valence electrons. The summed E-state index contributed by atoms with van der Waals surface area (Å²) in [6.07, 6.45) is 0. The summed E-state index contributed by atoms with van der Waals surface area (Å²) in [4.78, 5) is 24.3. The van der Waals surface area contributed by atoms with Crippen LogP contribution in [0.3, 0.4) is 0 Å². The van der Waals surface area contributed by atoms with E-state index in [1.165, 1.54) is 18.9 Å². The first-order chi connectivity index (χ1) is 15.9. The Morgan fingerprint density at radius 3 is 2.64 bits per heavy atom. The molecule has 1 heterocycles. The highest BCUT2D eigenvalue weighted by molar-refractivity contribution is 7.99. The first kappa shape index (κ1) is 24.1. The van der Waals surface area contributed by atoms with Crippen molar-refractivity contribution in [3.63, 3.8) is 0 Å². The van der Waals surface area contributed by atoms with E-state index in [1.54, 1.807) is 28.8 Å². The van der Waals surface area contributed by atoms with Crippen molar-refractivity contribution in [2.45, 2.75) is 25.6 Å². The van der Waals surface area contributed by atoms with Gasteiger partial charge in [-0.15, -0.1) is 10.2 Å². The predicted octanol–water partition coefficient (Wildman–Crippen LogP) is 3.62. The molecule has 0 spiro atoms. The van der Waals surface area contributed by atoms with Crippen molar-refractivity contribution >= 4 is 29.3 Å². The summed E-state index contributed by atoms with van der Waals surface area (Å²) in [5.41, 5.74) is 1.76. The summed E-state index contributed by atoms with van der Waals surface area (Å²) >= 11 is 1.23. The van der Waals surface area contributed by atoms with E-state index in [-0.39, 0.29) is 18.3 Å². The van der Waals surface area contributed by atoms with E-state index in [0.717, 1.165) is 5.56 Å². The van der Waals surface area contributed by atoms with Crippen LogP contribution < -0.4 is 14.8 Å². The minimum Gasteiger partial charge on any atom is -0.490 e. The van der Waals surface area contributed by atoms with E-state index in [1.807, 2.05) is 39.1 Å². The maximum atomic E-state index is 12.4. The van der Waals surface area contributed by atoms with Crippen LogP contribution >= 0.6 is 11.8 Å². The van der Waals surface area contributed by atoms with Crippen LogP contribution in [0.25, 0.3) is 0 Å². The number of carbonyl (C=O) groups excluding carboxylic acids is 2. The fraction of sp³-hybridized carbons (Fsp3) is 0.304. The van der Waals surface area contributed by atoms with Gasteiger partial charge in [-0.3, -0.25) is 4.79 Å². The minimum atomic E-state index is -0.516. The normalized spacial score (nSPS) is 10.5. The SMILES string of the molecule is CCOc1cc(C)ccc1OCc1nnc(SCC(=O)Nc2ccccc2C(=O)OC)n1C. The number of anilines is 1. The number of carbonyl (C=O) groups is 2. The van der Waals surface area contributed by atoms with E-state index in [0.29, 0.717) is 40.3 Å². The molecule has 0 atom stereocenters. The maximum Gasteiger partial charge on any atom is 0.339 e. The number of aromatic nitrogens is 3. The molecule has 0 saturated carbocycles. The van der Waals surface area contributed by atoms with Gasteiger partial charge < -0.3 is 24.1 Å². The summed E-state index contributed by atoms with van der Waals surface area (Å²) in [5, 5.41) is 11.6. The molecule has 9 nitrogen and oxygen atoms in total. The number of nitrogens with one attached hydrogen (secondary N) is 1. The number of hydrogen-bond acceptors (Lipinski definition) is 8. The molecule has 3 aromatic rings. The molecule has 10 heteroatoms. The Hall–Kier alpha value is -3.53. The van der Waals surface area contributed by atoms with Gasteiger partial charge in [-0.2, -0.15) is 0 Å². The van der Waals surface area contributed by atoms with Crippen LogP contribution in [0.5, 0.6) is 11.5 Å². The van der Waals surface area contributed by atoms with Crippen molar-refractivity contribution in [3.05, 3.63) is 59.4 Å². The van der Waals surface area contributed by atoms with Gasteiger partial charge in [0.25, 0.3) is 0 Å². The van der Waals surface area contributed by atoms with E-state index in [9.17, 15) is 9.59 Å². The third-order valence-corrected chi connectivity index (χ3v) is 5.64. The van der Waals surface area contributed by atoms with Gasteiger partial charge in [-0.1, -0.05) is 30.0 Å². The van der Waals surface area contributed by atoms with Crippen LogP contribution in [-0.4, -0.2) is 46.1 Å². The number of esters is 1. The summed E-state index contributed by atoms with van der Waals surface area (Å²) in [5.74, 6) is 1.21. The van der Waals surface area contributed by atoms with Crippen LogP contribution in [-0.2, 0) is 23.2 Å². The van der Waals surface area contributed by atoms with Crippen LogP contribution in [0.2, 0.25) is 0 Å². The highest BCUT2D eigenvalue weighted by Gasteiger charge is 2.16. The summed E-state index contributed by atoms with van der Waals surface area (Å²) in [6, 6.07) is 12.4. The zero-order chi connectivity index (χ0) is 23.8. The van der Waals surface area contributed by atoms with Crippen molar-refractivity contribution in [1.29, 1.82) is 0 Å². The second-order valence-electron chi connectivity index (χ2n) is 7.00.